The molecule has 0 spiro atoms. The predicted octanol–water partition coefficient (Wildman–Crippen LogP) is 2.06. The Balaban J connectivity index is 2.14. The second-order valence-corrected chi connectivity index (χ2v) is 5.75. The van der Waals surface area contributed by atoms with Crippen LogP contribution in [0.2, 0.25) is 0 Å². The van der Waals surface area contributed by atoms with Crippen LogP contribution in [0.1, 0.15) is 10.5 Å². The van der Waals surface area contributed by atoms with Gasteiger partial charge < -0.3 is 10.1 Å². The Hall–Kier alpha value is -3.42. The number of ether oxygens (including phenoxy) is 1. The fraction of sp³-hybridized carbons (Fsp3) is 0.211. The molecule has 7 nitrogen and oxygen atoms in total. The molecule has 0 bridgehead atoms. The van der Waals surface area contributed by atoms with E-state index in [1.165, 1.54) is 15.2 Å². The van der Waals surface area contributed by atoms with Gasteiger partial charge in [-0.3, -0.25) is 18.6 Å². The first-order chi connectivity index (χ1) is 13.1. The summed E-state index contributed by atoms with van der Waals surface area (Å²) in [6.07, 6.45) is 4.79. The number of hydrogen-bond acceptors (Lipinski definition) is 4. The highest BCUT2D eigenvalue weighted by Gasteiger charge is 2.16. The monoisotopic (exact) mass is 370 g/mol. The van der Waals surface area contributed by atoms with Gasteiger partial charge in [-0.05, 0) is 24.3 Å². The summed E-state index contributed by atoms with van der Waals surface area (Å²) in [4.78, 5) is 29.0. The number of rotatable bonds is 7. The van der Waals surface area contributed by atoms with Crippen molar-refractivity contribution in [3.8, 4) is 17.0 Å². The van der Waals surface area contributed by atoms with Gasteiger partial charge in [0.25, 0.3) is 11.5 Å². The zero-order valence-corrected chi connectivity index (χ0v) is 14.8. The zero-order valence-electron chi connectivity index (χ0n) is 14.8. The topological polar surface area (TPSA) is 77.6 Å². The van der Waals surface area contributed by atoms with E-state index in [2.05, 4.69) is 16.9 Å². The first-order valence-electron chi connectivity index (χ1n) is 8.31. The number of carbonyl (C=O) groups is 1. The Bertz CT molecular complexity index is 1040. The summed E-state index contributed by atoms with van der Waals surface area (Å²) in [6, 6.07) is 7.27. The normalized spacial score (nSPS) is 10.7. The Kier molecular flexibility index (Phi) is 5.35. The van der Waals surface area contributed by atoms with Crippen LogP contribution in [0.4, 0.5) is 4.39 Å². The number of aromatic nitrogens is 3. The molecule has 0 radical (unpaired) electrons. The molecule has 2 aromatic heterocycles. The second kappa shape index (κ2) is 7.86. The summed E-state index contributed by atoms with van der Waals surface area (Å²) < 4.78 is 20.5. The average Bonchev–Trinajstić information content (AvgIpc) is 3.13. The van der Waals surface area contributed by atoms with E-state index >= 15 is 0 Å². The number of amides is 1. The lowest BCUT2D eigenvalue weighted by Crippen LogP contribution is -2.26. The van der Waals surface area contributed by atoms with Crippen molar-refractivity contribution in [2.24, 2.45) is 0 Å². The number of benzene rings is 1. The predicted molar refractivity (Wildman–Crippen MR) is 99.9 cm³/mol. The third kappa shape index (κ3) is 3.59. The third-order valence-corrected chi connectivity index (χ3v) is 4.03. The van der Waals surface area contributed by atoms with Gasteiger partial charge in [0.15, 0.2) is 0 Å². The standard InChI is InChI=1S/C19H19FN4O3/c1-3-10-24-16(13-4-6-14(27-2)7-5-13)12-23-11-15(18(25)21-9-8-20)22-17(23)19(24)26/h3-7,11-12H,1,8-10H2,2H3,(H,21,25). The van der Waals surface area contributed by atoms with Gasteiger partial charge in [-0.1, -0.05) is 6.08 Å². The summed E-state index contributed by atoms with van der Waals surface area (Å²) in [5, 5.41) is 2.40. The lowest BCUT2D eigenvalue weighted by Gasteiger charge is -2.12. The highest BCUT2D eigenvalue weighted by Crippen LogP contribution is 2.22. The van der Waals surface area contributed by atoms with Crippen LogP contribution in [0.5, 0.6) is 5.75 Å². The number of halogens is 1. The van der Waals surface area contributed by atoms with Crippen LogP contribution >= 0.6 is 0 Å². The third-order valence-electron chi connectivity index (χ3n) is 4.03. The molecule has 0 atom stereocenters. The maximum absolute atomic E-state index is 12.9. The maximum Gasteiger partial charge on any atom is 0.295 e. The van der Waals surface area contributed by atoms with Gasteiger partial charge in [-0.25, -0.2) is 9.37 Å². The summed E-state index contributed by atoms with van der Waals surface area (Å²) in [5.41, 5.74) is 1.25. The molecule has 1 amide bonds. The van der Waals surface area contributed by atoms with Crippen LogP contribution in [0.15, 0.2) is 54.1 Å². The Morgan fingerprint density at radius 1 is 1.33 bits per heavy atom. The van der Waals surface area contributed by atoms with E-state index in [1.54, 1.807) is 31.5 Å². The quantitative estimate of drug-likeness (QED) is 0.646. The molecule has 140 valence electrons. The number of methoxy groups -OCH3 is 1. The molecule has 0 saturated carbocycles. The van der Waals surface area contributed by atoms with E-state index in [0.29, 0.717) is 11.4 Å². The van der Waals surface area contributed by atoms with Crippen LogP contribution in [-0.2, 0) is 6.54 Å². The van der Waals surface area contributed by atoms with Gasteiger partial charge >= 0.3 is 0 Å². The molecule has 3 rings (SSSR count). The summed E-state index contributed by atoms with van der Waals surface area (Å²) in [5.74, 6) is 0.170. The van der Waals surface area contributed by atoms with Crippen LogP contribution in [0, 0.1) is 0 Å². The van der Waals surface area contributed by atoms with Crippen LogP contribution in [-0.4, -0.2) is 40.2 Å². The molecule has 8 heteroatoms. The molecular formula is C19H19FN4O3. The molecular weight excluding hydrogens is 351 g/mol. The molecule has 2 heterocycles. The number of fused-ring (bicyclic) bond motifs is 1. The molecule has 27 heavy (non-hydrogen) atoms. The molecule has 0 saturated heterocycles. The van der Waals surface area contributed by atoms with E-state index in [0.717, 1.165) is 5.56 Å². The average molecular weight is 370 g/mol. The Labute approximate surface area is 154 Å². The summed E-state index contributed by atoms with van der Waals surface area (Å²) in [7, 11) is 1.58. The lowest BCUT2D eigenvalue weighted by molar-refractivity contribution is 0.0946. The van der Waals surface area contributed by atoms with Crippen molar-refractivity contribution >= 4 is 11.6 Å². The number of allylic oxidation sites excluding steroid dienone is 1. The number of imidazole rings is 1. The molecule has 0 aliphatic carbocycles. The van der Waals surface area contributed by atoms with Crippen molar-refractivity contribution in [3.63, 3.8) is 0 Å². The lowest BCUT2D eigenvalue weighted by atomic mass is 10.1. The van der Waals surface area contributed by atoms with Gasteiger partial charge in [0, 0.05) is 31.0 Å². The van der Waals surface area contributed by atoms with Gasteiger partial charge in [-0.2, -0.15) is 0 Å². The van der Waals surface area contributed by atoms with Crippen molar-refractivity contribution in [2.75, 3.05) is 20.3 Å². The minimum absolute atomic E-state index is 0.0533. The van der Waals surface area contributed by atoms with Gasteiger partial charge in [0.1, 0.15) is 18.1 Å². The first-order valence-corrected chi connectivity index (χ1v) is 8.31. The Morgan fingerprint density at radius 3 is 2.70 bits per heavy atom. The molecule has 1 aromatic carbocycles. The van der Waals surface area contributed by atoms with E-state index < -0.39 is 12.6 Å². The number of nitrogens with one attached hydrogen (secondary N) is 1. The van der Waals surface area contributed by atoms with Gasteiger partial charge in [0.2, 0.25) is 5.65 Å². The molecule has 0 unspecified atom stereocenters. The van der Waals surface area contributed by atoms with E-state index in [4.69, 9.17) is 4.74 Å². The SMILES string of the molecule is C=CCn1c(-c2ccc(OC)cc2)cn2cc(C(=O)NCCF)nc2c1=O. The fourth-order valence-corrected chi connectivity index (χ4v) is 2.75. The number of alkyl halides is 1. The minimum atomic E-state index is -0.674. The van der Waals surface area contributed by atoms with Crippen LogP contribution in [0.3, 0.4) is 0 Å². The number of hydrogen-bond donors (Lipinski definition) is 1. The number of carbonyl (C=O) groups excluding carboxylic acids is 1. The largest absolute Gasteiger partial charge is 0.497 e. The zero-order chi connectivity index (χ0) is 19.4. The summed E-state index contributed by atoms with van der Waals surface area (Å²) >= 11 is 0. The van der Waals surface area contributed by atoms with Crippen molar-refractivity contribution in [1.82, 2.24) is 19.3 Å². The van der Waals surface area contributed by atoms with Crippen molar-refractivity contribution in [3.05, 3.63) is 65.4 Å². The number of nitrogens with zero attached hydrogens (tertiary/aromatic N) is 3. The van der Waals surface area contributed by atoms with Gasteiger partial charge in [-0.15, -0.1) is 6.58 Å². The van der Waals surface area contributed by atoms with Crippen LogP contribution in [0.25, 0.3) is 16.9 Å². The minimum Gasteiger partial charge on any atom is -0.497 e. The smallest absolute Gasteiger partial charge is 0.295 e. The molecule has 0 fully saturated rings. The highest BCUT2D eigenvalue weighted by atomic mass is 19.1. The fourth-order valence-electron chi connectivity index (χ4n) is 2.75. The molecule has 0 aliphatic rings. The highest BCUT2D eigenvalue weighted by molar-refractivity contribution is 5.92. The van der Waals surface area contributed by atoms with E-state index in [-0.39, 0.29) is 30.0 Å². The summed E-state index contributed by atoms with van der Waals surface area (Å²) in [6.45, 7) is 3.20. The Morgan fingerprint density at radius 2 is 2.07 bits per heavy atom. The molecule has 1 N–H and O–H groups in total. The van der Waals surface area contributed by atoms with Crippen molar-refractivity contribution in [2.45, 2.75) is 6.54 Å². The van der Waals surface area contributed by atoms with Gasteiger partial charge in [0.05, 0.1) is 12.8 Å². The molecule has 3 aromatic rings. The molecule has 0 aliphatic heterocycles. The first kappa shape index (κ1) is 18.4. The van der Waals surface area contributed by atoms with Crippen LogP contribution < -0.4 is 15.6 Å². The van der Waals surface area contributed by atoms with Crippen molar-refractivity contribution in [1.29, 1.82) is 0 Å². The second-order valence-electron chi connectivity index (χ2n) is 5.75. The van der Waals surface area contributed by atoms with E-state index in [1.807, 2.05) is 12.1 Å². The van der Waals surface area contributed by atoms with Crippen molar-refractivity contribution < 1.29 is 13.9 Å². The van der Waals surface area contributed by atoms with E-state index in [9.17, 15) is 14.0 Å². The maximum atomic E-state index is 12.9.